The van der Waals surface area contributed by atoms with Crippen molar-refractivity contribution in [2.45, 2.75) is 46.6 Å². The van der Waals surface area contributed by atoms with Crippen LogP contribution in [0.3, 0.4) is 0 Å². The second-order valence-electron chi connectivity index (χ2n) is 10.7. The van der Waals surface area contributed by atoms with Crippen molar-refractivity contribution in [3.05, 3.63) is 53.1 Å². The summed E-state index contributed by atoms with van der Waals surface area (Å²) in [6.07, 6.45) is 9.93. The molecule has 0 saturated heterocycles. The molecule has 12 heteroatoms. The van der Waals surface area contributed by atoms with E-state index in [1.165, 1.54) is 11.3 Å². The maximum Gasteiger partial charge on any atom is 0.410 e. The van der Waals surface area contributed by atoms with Gasteiger partial charge in [-0.2, -0.15) is 5.10 Å². The fraction of sp³-hybridized carbons (Fsp3) is 0.393. The van der Waals surface area contributed by atoms with Crippen LogP contribution >= 0.6 is 11.3 Å². The number of nitrogens with one attached hydrogen (secondary N) is 2. The number of aryl methyl sites for hydroxylation is 2. The van der Waals surface area contributed by atoms with Crippen molar-refractivity contribution >= 4 is 45.4 Å². The van der Waals surface area contributed by atoms with Gasteiger partial charge in [-0.1, -0.05) is 6.08 Å². The highest BCUT2D eigenvalue weighted by Gasteiger charge is 2.26. The molecule has 4 aromatic rings. The van der Waals surface area contributed by atoms with Crippen LogP contribution < -0.4 is 10.6 Å². The topological polar surface area (TPSA) is 119 Å². The summed E-state index contributed by atoms with van der Waals surface area (Å²) in [5.41, 5.74) is 4.34. The molecule has 4 aromatic heterocycles. The van der Waals surface area contributed by atoms with Crippen molar-refractivity contribution in [3.8, 4) is 11.3 Å². The van der Waals surface area contributed by atoms with Gasteiger partial charge in [0.15, 0.2) is 11.5 Å². The summed E-state index contributed by atoms with van der Waals surface area (Å²) in [5, 5.41) is 11.4. The van der Waals surface area contributed by atoms with Gasteiger partial charge in [0.1, 0.15) is 5.60 Å². The molecule has 11 nitrogen and oxygen atoms in total. The molecule has 0 radical (unpaired) electrons. The van der Waals surface area contributed by atoms with Gasteiger partial charge in [0.25, 0.3) is 5.91 Å². The number of hydrogen-bond acceptors (Lipinski definition) is 8. The van der Waals surface area contributed by atoms with Gasteiger partial charge in [-0.3, -0.25) is 13.9 Å². The smallest absolute Gasteiger partial charge is 0.410 e. The largest absolute Gasteiger partial charge is 0.444 e. The Morgan fingerprint density at radius 1 is 1.20 bits per heavy atom. The van der Waals surface area contributed by atoms with Gasteiger partial charge >= 0.3 is 6.09 Å². The molecule has 210 valence electrons. The van der Waals surface area contributed by atoms with E-state index in [1.807, 2.05) is 64.5 Å². The third kappa shape index (κ3) is 5.71. The number of thiophene rings is 1. The highest BCUT2D eigenvalue weighted by atomic mass is 32.1. The Morgan fingerprint density at radius 3 is 2.70 bits per heavy atom. The van der Waals surface area contributed by atoms with Gasteiger partial charge in [-0.15, -0.1) is 11.3 Å². The van der Waals surface area contributed by atoms with Crippen LogP contribution in [0.15, 0.2) is 36.9 Å². The first-order chi connectivity index (χ1) is 19.0. The molecule has 0 aromatic carbocycles. The zero-order valence-electron chi connectivity index (χ0n) is 23.6. The Balaban J connectivity index is 1.55. The first-order valence-electron chi connectivity index (χ1n) is 13.2. The first kappa shape index (κ1) is 27.4. The third-order valence-corrected chi connectivity index (χ3v) is 7.48. The molecule has 1 aliphatic heterocycles. The van der Waals surface area contributed by atoms with Crippen LogP contribution in [0.4, 0.5) is 15.6 Å². The van der Waals surface area contributed by atoms with Crippen molar-refractivity contribution in [2.24, 2.45) is 7.05 Å². The minimum absolute atomic E-state index is 0.0980. The number of rotatable bonds is 6. The lowest BCUT2D eigenvalue weighted by Gasteiger charge is -2.30. The Hall–Kier alpha value is -4.19. The standard InChI is InChI=1S/C28H34N8O3S/c1-7-29-26(37)23-17(2)11-22(40-23)33-24-25-30-13-21(19-12-31-34(6)14-19)36(25)16-20(32-24)18-9-8-10-35(15-18)27(38)39-28(3,4)5/h9,11-14,16H,7-8,10,15H2,1-6H3,(H,29,37)(H,32,33). The Morgan fingerprint density at radius 2 is 2.00 bits per heavy atom. The lowest BCUT2D eigenvalue weighted by molar-refractivity contribution is 0.0273. The van der Waals surface area contributed by atoms with E-state index in [4.69, 9.17) is 9.72 Å². The predicted molar refractivity (Wildman–Crippen MR) is 156 cm³/mol. The van der Waals surface area contributed by atoms with Crippen molar-refractivity contribution in [1.82, 2.24) is 34.4 Å². The number of hydrogen-bond donors (Lipinski definition) is 2. The van der Waals surface area contributed by atoms with Crippen LogP contribution in [0.5, 0.6) is 0 Å². The lowest BCUT2D eigenvalue weighted by atomic mass is 10.1. The molecule has 0 saturated carbocycles. The molecule has 1 aliphatic rings. The average molecular weight is 563 g/mol. The highest BCUT2D eigenvalue weighted by Crippen LogP contribution is 2.33. The summed E-state index contributed by atoms with van der Waals surface area (Å²) in [4.78, 5) is 37.4. The van der Waals surface area contributed by atoms with E-state index in [-0.39, 0.29) is 12.0 Å². The van der Waals surface area contributed by atoms with Crippen molar-refractivity contribution in [1.29, 1.82) is 0 Å². The van der Waals surface area contributed by atoms with Crippen LogP contribution in [0, 0.1) is 6.92 Å². The van der Waals surface area contributed by atoms with Crippen LogP contribution in [0.1, 0.15) is 55.0 Å². The maximum absolute atomic E-state index is 12.8. The first-order valence-corrected chi connectivity index (χ1v) is 14.0. The van der Waals surface area contributed by atoms with Gasteiger partial charge in [0.05, 0.1) is 40.2 Å². The normalized spacial score (nSPS) is 13.8. The fourth-order valence-electron chi connectivity index (χ4n) is 4.53. The minimum atomic E-state index is -0.576. The molecule has 0 fully saturated rings. The molecule has 40 heavy (non-hydrogen) atoms. The molecule has 0 spiro atoms. The summed E-state index contributed by atoms with van der Waals surface area (Å²) < 4.78 is 9.35. The van der Waals surface area contributed by atoms with Crippen LogP contribution in [0.2, 0.25) is 0 Å². The van der Waals surface area contributed by atoms with E-state index in [1.54, 1.807) is 22.0 Å². The van der Waals surface area contributed by atoms with E-state index in [0.29, 0.717) is 48.1 Å². The molecule has 5 rings (SSSR count). The number of ether oxygens (including phenoxy) is 1. The SMILES string of the molecule is CCNC(=O)c1sc(Nc2nc(C3=CCCN(C(=O)OC(C)(C)C)C3)cn3c(-c4cnn(C)c4)cnc23)cc1C. The molecule has 0 atom stereocenters. The van der Waals surface area contributed by atoms with Gasteiger partial charge in [0.2, 0.25) is 0 Å². The summed E-state index contributed by atoms with van der Waals surface area (Å²) in [6.45, 7) is 10.9. The van der Waals surface area contributed by atoms with E-state index < -0.39 is 5.60 Å². The lowest BCUT2D eigenvalue weighted by Crippen LogP contribution is -2.39. The minimum Gasteiger partial charge on any atom is -0.444 e. The van der Waals surface area contributed by atoms with Crippen LogP contribution in [0.25, 0.3) is 22.5 Å². The van der Waals surface area contributed by atoms with Crippen molar-refractivity contribution < 1.29 is 14.3 Å². The maximum atomic E-state index is 12.8. The van der Waals surface area contributed by atoms with Gasteiger partial charge < -0.3 is 20.3 Å². The molecule has 0 aliphatic carbocycles. The molecular weight excluding hydrogens is 528 g/mol. The van der Waals surface area contributed by atoms with Crippen LogP contribution in [-0.2, 0) is 11.8 Å². The zero-order chi connectivity index (χ0) is 28.6. The fourth-order valence-corrected chi connectivity index (χ4v) is 5.52. The number of anilines is 2. The second-order valence-corrected chi connectivity index (χ2v) is 11.8. The predicted octanol–water partition coefficient (Wildman–Crippen LogP) is 5.02. The Kier molecular flexibility index (Phi) is 7.37. The highest BCUT2D eigenvalue weighted by molar-refractivity contribution is 7.18. The summed E-state index contributed by atoms with van der Waals surface area (Å²) in [6, 6.07) is 1.94. The molecule has 5 heterocycles. The van der Waals surface area contributed by atoms with E-state index >= 15 is 0 Å². The zero-order valence-corrected chi connectivity index (χ0v) is 24.4. The Bertz CT molecular complexity index is 1610. The molecule has 0 unspecified atom stereocenters. The summed E-state index contributed by atoms with van der Waals surface area (Å²) in [7, 11) is 1.87. The monoisotopic (exact) mass is 562 g/mol. The van der Waals surface area contributed by atoms with E-state index in [0.717, 1.165) is 27.4 Å². The van der Waals surface area contributed by atoms with Gasteiger partial charge in [-0.25, -0.2) is 14.8 Å². The summed E-state index contributed by atoms with van der Waals surface area (Å²) >= 11 is 1.37. The number of aromatic nitrogens is 5. The number of carbonyl (C=O) groups is 2. The Labute approximate surface area is 236 Å². The molecule has 2 N–H and O–H groups in total. The van der Waals surface area contributed by atoms with Crippen molar-refractivity contribution in [2.75, 3.05) is 25.0 Å². The van der Waals surface area contributed by atoms with Crippen LogP contribution in [-0.4, -0.2) is 66.3 Å². The van der Waals surface area contributed by atoms with Crippen molar-refractivity contribution in [3.63, 3.8) is 0 Å². The molecular formula is C28H34N8O3S. The van der Waals surface area contributed by atoms with E-state index in [9.17, 15) is 9.59 Å². The number of carbonyl (C=O) groups excluding carboxylic acids is 2. The quantitative estimate of drug-likeness (QED) is 0.339. The second kappa shape index (κ2) is 10.8. The number of imidazole rings is 1. The molecule has 0 bridgehead atoms. The molecule has 2 amide bonds. The van der Waals surface area contributed by atoms with Gasteiger partial charge in [-0.05, 0) is 58.2 Å². The number of fused-ring (bicyclic) bond motifs is 1. The third-order valence-electron chi connectivity index (χ3n) is 6.33. The number of amides is 2. The van der Waals surface area contributed by atoms with E-state index in [2.05, 4.69) is 26.8 Å². The average Bonchev–Trinajstić information content (AvgIpc) is 3.61. The van der Waals surface area contributed by atoms with Gasteiger partial charge in [0, 0.05) is 38.1 Å². The summed E-state index contributed by atoms with van der Waals surface area (Å²) in [5.74, 6) is 0.450. The number of nitrogens with zero attached hydrogens (tertiary/aromatic N) is 6.